The van der Waals surface area contributed by atoms with E-state index in [4.69, 9.17) is 5.11 Å². The second-order valence-corrected chi connectivity index (χ2v) is 5.23. The van der Waals surface area contributed by atoms with Gasteiger partial charge in [-0.15, -0.1) is 0 Å². The molecule has 1 rings (SSSR count). The van der Waals surface area contributed by atoms with Gasteiger partial charge in [-0.05, 0) is 18.9 Å². The maximum Gasteiger partial charge on any atom is 0.314 e. The maximum absolute atomic E-state index is 10.9. The maximum atomic E-state index is 10.9. The Kier molecular flexibility index (Phi) is 7.16. The minimum atomic E-state index is -0.762. The van der Waals surface area contributed by atoms with Gasteiger partial charge in [-0.3, -0.25) is 4.79 Å². The van der Waals surface area contributed by atoms with E-state index in [-0.39, 0.29) is 6.42 Å². The predicted molar refractivity (Wildman–Crippen MR) is 76.1 cm³/mol. The molecule has 0 saturated carbocycles. The van der Waals surface area contributed by atoms with Gasteiger partial charge in [0.25, 0.3) is 0 Å². The van der Waals surface area contributed by atoms with E-state index in [1.54, 1.807) is 0 Å². The summed E-state index contributed by atoms with van der Waals surface area (Å²) in [6.45, 7) is 5.15. The number of carboxylic acids is 1. The molecule has 0 aliphatic heterocycles. The van der Waals surface area contributed by atoms with Crippen LogP contribution in [-0.4, -0.2) is 11.1 Å². The Balaban J connectivity index is 2.45. The van der Waals surface area contributed by atoms with Crippen molar-refractivity contribution in [2.45, 2.75) is 65.3 Å². The summed E-state index contributed by atoms with van der Waals surface area (Å²) in [7, 11) is 0. The summed E-state index contributed by atoms with van der Waals surface area (Å²) >= 11 is 0. The molecule has 0 spiro atoms. The Hall–Kier alpha value is -1.38. The summed E-state index contributed by atoms with van der Waals surface area (Å²) < 4.78 is 2.08. The van der Waals surface area contributed by atoms with Gasteiger partial charge in [-0.25, -0.2) is 4.57 Å². The molecular weight excluding hydrogens is 238 g/mol. The van der Waals surface area contributed by atoms with Gasteiger partial charge in [0.1, 0.15) is 13.0 Å². The van der Waals surface area contributed by atoms with Crippen LogP contribution in [0, 0.1) is 6.92 Å². The summed E-state index contributed by atoms with van der Waals surface area (Å²) in [5, 5.41) is 8.94. The number of aliphatic carboxylic acids is 1. The van der Waals surface area contributed by atoms with Crippen LogP contribution >= 0.6 is 0 Å². The summed E-state index contributed by atoms with van der Waals surface area (Å²) in [4.78, 5) is 10.9. The zero-order valence-corrected chi connectivity index (χ0v) is 12.2. The number of aryl methyl sites for hydroxylation is 2. The first-order valence-corrected chi connectivity index (χ1v) is 7.34. The van der Waals surface area contributed by atoms with Crippen molar-refractivity contribution in [1.29, 1.82) is 0 Å². The molecule has 0 radical (unpaired) electrons. The number of hydrogen-bond donors (Lipinski definition) is 1. The molecule has 0 aliphatic carbocycles. The number of aromatic nitrogens is 1. The zero-order valence-electron chi connectivity index (χ0n) is 12.2. The van der Waals surface area contributed by atoms with E-state index in [1.165, 1.54) is 32.1 Å². The SMILES string of the molecule is CCCCCCCC[n+]1ccc(C)cc1CC(=O)O. The zero-order chi connectivity index (χ0) is 14.1. The summed E-state index contributed by atoms with van der Waals surface area (Å²) in [5.74, 6) is -0.762. The topological polar surface area (TPSA) is 41.2 Å². The van der Waals surface area contributed by atoms with E-state index < -0.39 is 5.97 Å². The molecule has 0 bridgehead atoms. The Bertz CT molecular complexity index is 402. The van der Waals surface area contributed by atoms with Crippen molar-refractivity contribution in [2.75, 3.05) is 0 Å². The van der Waals surface area contributed by atoms with Gasteiger partial charge >= 0.3 is 5.97 Å². The van der Waals surface area contributed by atoms with E-state index in [1.807, 2.05) is 25.3 Å². The number of pyridine rings is 1. The highest BCUT2D eigenvalue weighted by Gasteiger charge is 2.13. The largest absolute Gasteiger partial charge is 0.481 e. The molecule has 0 amide bonds. The van der Waals surface area contributed by atoms with E-state index in [9.17, 15) is 4.79 Å². The predicted octanol–water partition coefficient (Wildman–Crippen LogP) is 3.27. The van der Waals surface area contributed by atoms with Gasteiger partial charge in [-0.1, -0.05) is 32.6 Å². The third kappa shape index (κ3) is 6.37. The lowest BCUT2D eigenvalue weighted by Crippen LogP contribution is -2.39. The van der Waals surface area contributed by atoms with Crippen molar-refractivity contribution >= 4 is 5.97 Å². The first-order valence-electron chi connectivity index (χ1n) is 7.34. The molecule has 0 aromatic carbocycles. The van der Waals surface area contributed by atoms with Crippen molar-refractivity contribution < 1.29 is 14.5 Å². The molecule has 0 unspecified atom stereocenters. The van der Waals surface area contributed by atoms with Gasteiger partial charge in [0, 0.05) is 18.6 Å². The van der Waals surface area contributed by atoms with Crippen molar-refractivity contribution in [3.8, 4) is 0 Å². The molecular formula is C16H26NO2+. The summed E-state index contributed by atoms with van der Waals surface area (Å²) in [6, 6.07) is 4.02. The van der Waals surface area contributed by atoms with Gasteiger partial charge in [-0.2, -0.15) is 0 Å². The molecule has 19 heavy (non-hydrogen) atoms. The molecule has 1 heterocycles. The van der Waals surface area contributed by atoms with Crippen molar-refractivity contribution in [1.82, 2.24) is 0 Å². The highest BCUT2D eigenvalue weighted by molar-refractivity contribution is 5.69. The minimum Gasteiger partial charge on any atom is -0.481 e. The van der Waals surface area contributed by atoms with Gasteiger partial charge in [0.2, 0.25) is 0 Å². The average molecular weight is 264 g/mol. The molecule has 3 nitrogen and oxygen atoms in total. The molecule has 0 atom stereocenters. The Labute approximate surface area is 116 Å². The molecule has 1 aromatic heterocycles. The molecule has 106 valence electrons. The van der Waals surface area contributed by atoms with Crippen LogP contribution in [0.2, 0.25) is 0 Å². The van der Waals surface area contributed by atoms with Crippen LogP contribution in [-0.2, 0) is 17.8 Å². The molecule has 3 heteroatoms. The van der Waals surface area contributed by atoms with Crippen LogP contribution in [0.1, 0.15) is 56.7 Å². The van der Waals surface area contributed by atoms with Gasteiger partial charge in [0.05, 0.1) is 0 Å². The van der Waals surface area contributed by atoms with Crippen LogP contribution in [0.4, 0.5) is 0 Å². The molecule has 0 fully saturated rings. The monoisotopic (exact) mass is 264 g/mol. The lowest BCUT2D eigenvalue weighted by Gasteiger charge is -2.04. The van der Waals surface area contributed by atoms with Crippen LogP contribution in [0.15, 0.2) is 18.3 Å². The standard InChI is InChI=1S/C16H25NO2/c1-3-4-5-6-7-8-10-17-11-9-14(2)12-15(17)13-16(18)19/h9,11-12H,3-8,10,13H2,1-2H3/p+1. The van der Waals surface area contributed by atoms with Crippen LogP contribution in [0.3, 0.4) is 0 Å². The van der Waals surface area contributed by atoms with Gasteiger partial charge in [0.15, 0.2) is 11.9 Å². The van der Waals surface area contributed by atoms with E-state index in [2.05, 4.69) is 11.5 Å². The van der Waals surface area contributed by atoms with Crippen molar-refractivity contribution in [3.05, 3.63) is 29.6 Å². The third-order valence-electron chi connectivity index (χ3n) is 3.37. The number of rotatable bonds is 9. The second-order valence-electron chi connectivity index (χ2n) is 5.23. The first-order chi connectivity index (χ1) is 9.13. The smallest absolute Gasteiger partial charge is 0.314 e. The van der Waals surface area contributed by atoms with E-state index >= 15 is 0 Å². The van der Waals surface area contributed by atoms with Crippen LogP contribution < -0.4 is 4.57 Å². The van der Waals surface area contributed by atoms with E-state index in [0.29, 0.717) is 0 Å². The van der Waals surface area contributed by atoms with Crippen molar-refractivity contribution in [2.24, 2.45) is 0 Å². The lowest BCUT2D eigenvalue weighted by atomic mass is 10.1. The second kappa shape index (κ2) is 8.68. The fourth-order valence-corrected chi connectivity index (χ4v) is 2.29. The highest BCUT2D eigenvalue weighted by atomic mass is 16.4. The molecule has 0 aliphatic rings. The molecule has 1 aromatic rings. The average Bonchev–Trinajstić information content (AvgIpc) is 2.35. The number of nitrogens with zero attached hydrogens (tertiary/aromatic N) is 1. The van der Waals surface area contributed by atoms with E-state index in [0.717, 1.165) is 24.2 Å². The Morgan fingerprint density at radius 2 is 1.89 bits per heavy atom. The highest BCUT2D eigenvalue weighted by Crippen LogP contribution is 2.06. The normalized spacial score (nSPS) is 10.6. The quantitative estimate of drug-likeness (QED) is 0.549. The lowest BCUT2D eigenvalue weighted by molar-refractivity contribution is -0.704. The number of unbranched alkanes of at least 4 members (excludes halogenated alkanes) is 5. The van der Waals surface area contributed by atoms with Crippen LogP contribution in [0.5, 0.6) is 0 Å². The fourth-order valence-electron chi connectivity index (χ4n) is 2.29. The van der Waals surface area contributed by atoms with Gasteiger partial charge < -0.3 is 5.11 Å². The fraction of sp³-hybridized carbons (Fsp3) is 0.625. The summed E-state index contributed by atoms with van der Waals surface area (Å²) in [5.41, 5.74) is 2.02. The van der Waals surface area contributed by atoms with Crippen LogP contribution in [0.25, 0.3) is 0 Å². The Morgan fingerprint density at radius 1 is 1.21 bits per heavy atom. The Morgan fingerprint density at radius 3 is 2.58 bits per heavy atom. The molecule has 1 N–H and O–H groups in total. The minimum absolute atomic E-state index is 0.109. The van der Waals surface area contributed by atoms with Crippen molar-refractivity contribution in [3.63, 3.8) is 0 Å². The summed E-state index contributed by atoms with van der Waals surface area (Å²) in [6.07, 6.45) is 9.68. The number of carboxylic acid groups (broad SMARTS) is 1. The molecule has 0 saturated heterocycles. The first kappa shape index (κ1) is 15.7. The number of carbonyl (C=O) groups is 1. The number of hydrogen-bond acceptors (Lipinski definition) is 1. The third-order valence-corrected chi connectivity index (χ3v) is 3.37.